The zero-order chi connectivity index (χ0) is 11.7. The van der Waals surface area contributed by atoms with Gasteiger partial charge in [0, 0.05) is 24.3 Å². The van der Waals surface area contributed by atoms with E-state index in [1.54, 1.807) is 0 Å². The summed E-state index contributed by atoms with van der Waals surface area (Å²) in [5.74, 6) is 0. The van der Waals surface area contributed by atoms with Crippen LogP contribution >= 0.6 is 0 Å². The standard InChI is InChI=1S/C13H21N3O/c17-9-13(5-1-2-6-13)15-8-12-7-14-10-16(12)11-3-4-11/h7,10-11,15,17H,1-6,8-9H2. The van der Waals surface area contributed by atoms with Crippen LogP contribution in [-0.2, 0) is 6.54 Å². The molecule has 2 N–H and O–H groups in total. The van der Waals surface area contributed by atoms with E-state index in [0.717, 1.165) is 19.4 Å². The lowest BCUT2D eigenvalue weighted by Crippen LogP contribution is -2.45. The van der Waals surface area contributed by atoms with Crippen LogP contribution < -0.4 is 5.32 Å². The van der Waals surface area contributed by atoms with E-state index >= 15 is 0 Å². The quantitative estimate of drug-likeness (QED) is 0.815. The first-order valence-electron chi connectivity index (χ1n) is 6.70. The molecule has 17 heavy (non-hydrogen) atoms. The van der Waals surface area contributed by atoms with Crippen LogP contribution in [0.4, 0.5) is 0 Å². The zero-order valence-electron chi connectivity index (χ0n) is 10.2. The van der Waals surface area contributed by atoms with Gasteiger partial charge in [-0.15, -0.1) is 0 Å². The van der Waals surface area contributed by atoms with Crippen molar-refractivity contribution < 1.29 is 5.11 Å². The van der Waals surface area contributed by atoms with Crippen LogP contribution in [0.15, 0.2) is 12.5 Å². The molecule has 2 aliphatic carbocycles. The van der Waals surface area contributed by atoms with E-state index in [1.807, 2.05) is 12.5 Å². The molecule has 0 aliphatic heterocycles. The Hall–Kier alpha value is -0.870. The second-order valence-corrected chi connectivity index (χ2v) is 5.52. The summed E-state index contributed by atoms with van der Waals surface area (Å²) in [6.45, 7) is 1.08. The molecule has 0 unspecified atom stereocenters. The van der Waals surface area contributed by atoms with Gasteiger partial charge in [0.2, 0.25) is 0 Å². The molecular formula is C13H21N3O. The molecule has 0 atom stereocenters. The Kier molecular flexibility index (Phi) is 2.92. The highest BCUT2D eigenvalue weighted by Crippen LogP contribution is 2.36. The third-order valence-electron chi connectivity index (χ3n) is 4.19. The molecule has 1 aromatic heterocycles. The maximum absolute atomic E-state index is 9.55. The molecule has 3 rings (SSSR count). The molecule has 94 valence electrons. The van der Waals surface area contributed by atoms with Crippen molar-refractivity contribution in [2.24, 2.45) is 0 Å². The van der Waals surface area contributed by atoms with Crippen molar-refractivity contribution in [2.45, 2.75) is 56.7 Å². The van der Waals surface area contributed by atoms with E-state index in [9.17, 15) is 5.11 Å². The van der Waals surface area contributed by atoms with E-state index < -0.39 is 0 Å². The van der Waals surface area contributed by atoms with Crippen LogP contribution in [0.25, 0.3) is 0 Å². The predicted octanol–water partition coefficient (Wildman–Crippen LogP) is 1.61. The number of nitrogens with one attached hydrogen (secondary N) is 1. The van der Waals surface area contributed by atoms with Gasteiger partial charge in [-0.3, -0.25) is 0 Å². The normalized spacial score (nSPS) is 23.1. The van der Waals surface area contributed by atoms with Crippen molar-refractivity contribution in [1.29, 1.82) is 0 Å². The number of nitrogens with zero attached hydrogens (tertiary/aromatic N) is 2. The molecule has 0 radical (unpaired) electrons. The molecule has 1 aromatic rings. The van der Waals surface area contributed by atoms with Crippen molar-refractivity contribution in [3.63, 3.8) is 0 Å². The number of rotatable bonds is 5. The van der Waals surface area contributed by atoms with Crippen molar-refractivity contribution in [2.75, 3.05) is 6.61 Å². The molecule has 4 nitrogen and oxygen atoms in total. The zero-order valence-corrected chi connectivity index (χ0v) is 10.2. The molecule has 0 aromatic carbocycles. The highest BCUT2D eigenvalue weighted by atomic mass is 16.3. The van der Waals surface area contributed by atoms with Crippen LogP contribution in [0.1, 0.15) is 50.3 Å². The molecule has 1 heterocycles. The Bertz CT molecular complexity index is 378. The lowest BCUT2D eigenvalue weighted by atomic mass is 9.99. The van der Waals surface area contributed by atoms with Crippen LogP contribution in [0.2, 0.25) is 0 Å². The smallest absolute Gasteiger partial charge is 0.0951 e. The summed E-state index contributed by atoms with van der Waals surface area (Å²) in [6.07, 6.45) is 11.1. The average Bonchev–Trinajstić information content (AvgIpc) is 2.93. The van der Waals surface area contributed by atoms with Gasteiger partial charge in [0.05, 0.1) is 18.6 Å². The summed E-state index contributed by atoms with van der Waals surface area (Å²) in [6, 6.07) is 0.683. The Labute approximate surface area is 102 Å². The molecule has 0 bridgehead atoms. The van der Waals surface area contributed by atoms with Gasteiger partial charge in [0.25, 0.3) is 0 Å². The van der Waals surface area contributed by atoms with Crippen molar-refractivity contribution in [3.8, 4) is 0 Å². The van der Waals surface area contributed by atoms with E-state index in [1.165, 1.54) is 31.4 Å². The van der Waals surface area contributed by atoms with Crippen molar-refractivity contribution in [1.82, 2.24) is 14.9 Å². The van der Waals surface area contributed by atoms with Crippen molar-refractivity contribution in [3.05, 3.63) is 18.2 Å². The monoisotopic (exact) mass is 235 g/mol. The van der Waals surface area contributed by atoms with Crippen molar-refractivity contribution >= 4 is 0 Å². The summed E-state index contributed by atoms with van der Waals surface area (Å²) >= 11 is 0. The molecule has 0 amide bonds. The van der Waals surface area contributed by atoms with Gasteiger partial charge in [-0.05, 0) is 25.7 Å². The molecule has 2 fully saturated rings. The summed E-state index contributed by atoms with van der Waals surface area (Å²) in [7, 11) is 0. The van der Waals surface area contributed by atoms with E-state index in [4.69, 9.17) is 0 Å². The Morgan fingerprint density at radius 3 is 2.82 bits per heavy atom. The lowest BCUT2D eigenvalue weighted by molar-refractivity contribution is 0.162. The summed E-state index contributed by atoms with van der Waals surface area (Å²) < 4.78 is 2.28. The fourth-order valence-corrected chi connectivity index (χ4v) is 2.87. The van der Waals surface area contributed by atoms with Gasteiger partial charge in [0.15, 0.2) is 0 Å². The van der Waals surface area contributed by atoms with E-state index in [-0.39, 0.29) is 12.1 Å². The SMILES string of the molecule is OCC1(NCc2cncn2C2CC2)CCCC1. The minimum atomic E-state index is -0.0291. The Morgan fingerprint density at radius 1 is 1.41 bits per heavy atom. The minimum Gasteiger partial charge on any atom is -0.394 e. The molecule has 0 spiro atoms. The summed E-state index contributed by atoms with van der Waals surface area (Å²) in [5, 5.41) is 13.1. The maximum Gasteiger partial charge on any atom is 0.0951 e. The molecule has 4 heteroatoms. The average molecular weight is 235 g/mol. The first-order chi connectivity index (χ1) is 8.33. The number of hydrogen-bond donors (Lipinski definition) is 2. The van der Waals surface area contributed by atoms with E-state index in [2.05, 4.69) is 14.9 Å². The third kappa shape index (κ3) is 2.24. The number of imidazole rings is 1. The van der Waals surface area contributed by atoms with Gasteiger partial charge >= 0.3 is 0 Å². The number of hydrogen-bond acceptors (Lipinski definition) is 3. The molecule has 0 saturated heterocycles. The summed E-state index contributed by atoms with van der Waals surface area (Å²) in [4.78, 5) is 4.24. The number of aliphatic hydroxyl groups excluding tert-OH is 1. The summed E-state index contributed by atoms with van der Waals surface area (Å²) in [5.41, 5.74) is 1.23. The van der Waals surface area contributed by atoms with Gasteiger partial charge in [-0.1, -0.05) is 12.8 Å². The minimum absolute atomic E-state index is 0.0291. The maximum atomic E-state index is 9.55. The van der Waals surface area contributed by atoms with Crippen LogP contribution in [0, 0.1) is 0 Å². The van der Waals surface area contributed by atoms with Crippen LogP contribution in [-0.4, -0.2) is 26.8 Å². The van der Waals surface area contributed by atoms with Crippen LogP contribution in [0.3, 0.4) is 0 Å². The molecular weight excluding hydrogens is 214 g/mol. The molecule has 2 aliphatic rings. The first-order valence-corrected chi connectivity index (χ1v) is 6.70. The Balaban J connectivity index is 1.64. The topological polar surface area (TPSA) is 50.1 Å². The van der Waals surface area contributed by atoms with Crippen LogP contribution in [0.5, 0.6) is 0 Å². The van der Waals surface area contributed by atoms with Gasteiger partial charge in [-0.2, -0.15) is 0 Å². The number of aromatic nitrogens is 2. The fraction of sp³-hybridized carbons (Fsp3) is 0.769. The van der Waals surface area contributed by atoms with Gasteiger partial charge < -0.3 is 15.0 Å². The highest BCUT2D eigenvalue weighted by Gasteiger charge is 2.33. The number of aliphatic hydroxyl groups is 1. The highest BCUT2D eigenvalue weighted by molar-refractivity contribution is 5.05. The fourth-order valence-electron chi connectivity index (χ4n) is 2.87. The van der Waals surface area contributed by atoms with Gasteiger partial charge in [0.1, 0.15) is 0 Å². The predicted molar refractivity (Wildman–Crippen MR) is 65.6 cm³/mol. The third-order valence-corrected chi connectivity index (χ3v) is 4.19. The lowest BCUT2D eigenvalue weighted by Gasteiger charge is -2.28. The molecule has 2 saturated carbocycles. The second-order valence-electron chi connectivity index (χ2n) is 5.52. The first kappa shape index (κ1) is 11.2. The largest absolute Gasteiger partial charge is 0.394 e. The second kappa shape index (κ2) is 4.42. The Morgan fingerprint density at radius 2 is 2.18 bits per heavy atom. The van der Waals surface area contributed by atoms with E-state index in [0.29, 0.717) is 6.04 Å². The van der Waals surface area contributed by atoms with Gasteiger partial charge in [-0.25, -0.2) is 4.98 Å².